The maximum atomic E-state index is 11.3. The fraction of sp³-hybridized carbons (Fsp3) is 0.167. The lowest BCUT2D eigenvalue weighted by atomic mass is 10.2. The van der Waals surface area contributed by atoms with Crippen molar-refractivity contribution in [3.05, 3.63) is 103 Å². The molecule has 0 unspecified atom stereocenters. The van der Waals surface area contributed by atoms with Gasteiger partial charge in [0.15, 0.2) is 5.76 Å². The molecular formula is C30H28N6O3S. The molecule has 9 nitrogen and oxygen atoms in total. The molecule has 2 aromatic carbocycles. The third-order valence-corrected chi connectivity index (χ3v) is 7.58. The van der Waals surface area contributed by atoms with E-state index < -0.39 is 9.84 Å². The van der Waals surface area contributed by atoms with E-state index in [0.717, 1.165) is 34.1 Å². The summed E-state index contributed by atoms with van der Waals surface area (Å²) in [6.07, 6.45) is 8.21. The number of rotatable bonds is 10. The first kappa shape index (κ1) is 25.7. The predicted molar refractivity (Wildman–Crippen MR) is 157 cm³/mol. The second kappa shape index (κ2) is 10.9. The molecule has 6 aromatic rings. The number of hydrogen-bond donors (Lipinski definition) is 2. The molecule has 0 saturated carbocycles. The van der Waals surface area contributed by atoms with Gasteiger partial charge in [-0.25, -0.2) is 18.4 Å². The summed E-state index contributed by atoms with van der Waals surface area (Å²) in [6.45, 7) is 1.69. The summed E-state index contributed by atoms with van der Waals surface area (Å²) in [4.78, 5) is 13.4. The molecule has 0 bridgehead atoms. The van der Waals surface area contributed by atoms with Crippen molar-refractivity contribution in [2.45, 2.75) is 13.1 Å². The molecule has 0 atom stereocenters. The number of anilines is 2. The molecule has 0 aliphatic heterocycles. The largest absolute Gasteiger partial charge is 0.462 e. The molecule has 10 heteroatoms. The zero-order chi connectivity index (χ0) is 27.5. The number of benzene rings is 2. The van der Waals surface area contributed by atoms with Crippen LogP contribution in [0, 0.1) is 0 Å². The number of nitrogens with zero attached hydrogens (tertiary/aromatic N) is 4. The van der Waals surface area contributed by atoms with Crippen LogP contribution < -0.4 is 10.6 Å². The lowest BCUT2D eigenvalue weighted by Crippen LogP contribution is -2.21. The Bertz CT molecular complexity index is 1900. The smallest absolute Gasteiger partial charge is 0.152 e. The van der Waals surface area contributed by atoms with Gasteiger partial charge in [0.05, 0.1) is 23.7 Å². The number of sulfone groups is 1. The number of pyridine rings is 1. The van der Waals surface area contributed by atoms with Crippen molar-refractivity contribution in [3.8, 4) is 11.5 Å². The molecule has 0 amide bonds. The van der Waals surface area contributed by atoms with Crippen molar-refractivity contribution in [2.75, 3.05) is 23.9 Å². The fourth-order valence-corrected chi connectivity index (χ4v) is 5.13. The summed E-state index contributed by atoms with van der Waals surface area (Å²) in [5.41, 5.74) is 5.61. The highest BCUT2D eigenvalue weighted by atomic mass is 32.2. The van der Waals surface area contributed by atoms with Gasteiger partial charge < -0.3 is 19.6 Å². The molecule has 202 valence electrons. The second-order valence-electron chi connectivity index (χ2n) is 9.76. The molecule has 6 rings (SSSR count). The highest BCUT2D eigenvalue weighted by Crippen LogP contribution is 2.29. The van der Waals surface area contributed by atoms with Crippen molar-refractivity contribution >= 4 is 43.1 Å². The van der Waals surface area contributed by atoms with Crippen LogP contribution in [0.25, 0.3) is 33.3 Å². The van der Waals surface area contributed by atoms with E-state index in [0.29, 0.717) is 35.9 Å². The Hall–Kier alpha value is -4.54. The van der Waals surface area contributed by atoms with Crippen LogP contribution in [0.2, 0.25) is 0 Å². The van der Waals surface area contributed by atoms with Crippen LogP contribution >= 0.6 is 0 Å². The van der Waals surface area contributed by atoms with Gasteiger partial charge in [-0.3, -0.25) is 4.98 Å². The van der Waals surface area contributed by atoms with E-state index in [9.17, 15) is 8.42 Å². The van der Waals surface area contributed by atoms with Gasteiger partial charge in [-0.2, -0.15) is 0 Å². The standard InChI is InChI=1S/C30H28N6O3S/c1-40(37,38)12-10-31-16-22-13-29(39-19-22)26-15-25-27(17-32-26)33-20-34-30(25)35-24-7-8-28-23(14-24)9-11-36(28)18-21-5-3-2-4-6-21/h2-9,11,13-15,17,19-20,31H,10,12,16,18H2,1H3,(H,33,34,35). The van der Waals surface area contributed by atoms with E-state index in [2.05, 4.69) is 84.9 Å². The molecule has 0 spiro atoms. The van der Waals surface area contributed by atoms with Gasteiger partial charge in [0.1, 0.15) is 27.7 Å². The molecule has 0 aliphatic carbocycles. The van der Waals surface area contributed by atoms with Gasteiger partial charge in [0, 0.05) is 59.6 Å². The average molecular weight is 553 g/mol. The van der Waals surface area contributed by atoms with Gasteiger partial charge in [-0.05, 0) is 42.0 Å². The van der Waals surface area contributed by atoms with Crippen LogP contribution in [0.15, 0.2) is 96.1 Å². The van der Waals surface area contributed by atoms with Crippen molar-refractivity contribution in [1.29, 1.82) is 0 Å². The average Bonchev–Trinajstić information content (AvgIpc) is 3.58. The lowest BCUT2D eigenvalue weighted by molar-refractivity contribution is 0.572. The number of furan rings is 1. The fourth-order valence-electron chi connectivity index (χ4n) is 4.62. The van der Waals surface area contributed by atoms with Crippen LogP contribution in [0.4, 0.5) is 11.5 Å². The zero-order valence-corrected chi connectivity index (χ0v) is 22.7. The van der Waals surface area contributed by atoms with Gasteiger partial charge in [-0.1, -0.05) is 30.3 Å². The monoisotopic (exact) mass is 552 g/mol. The minimum atomic E-state index is -3.00. The summed E-state index contributed by atoms with van der Waals surface area (Å²) in [6, 6.07) is 22.6. The minimum absolute atomic E-state index is 0.0895. The van der Waals surface area contributed by atoms with Crippen molar-refractivity contribution < 1.29 is 12.8 Å². The molecule has 0 fully saturated rings. The Morgan fingerprint density at radius 3 is 2.67 bits per heavy atom. The molecule has 0 radical (unpaired) electrons. The zero-order valence-electron chi connectivity index (χ0n) is 21.9. The lowest BCUT2D eigenvalue weighted by Gasteiger charge is -2.10. The summed E-state index contributed by atoms with van der Waals surface area (Å²) in [7, 11) is -3.00. The number of nitrogens with one attached hydrogen (secondary N) is 2. The number of fused-ring (bicyclic) bond motifs is 2. The third-order valence-electron chi connectivity index (χ3n) is 6.64. The highest BCUT2D eigenvalue weighted by molar-refractivity contribution is 7.90. The van der Waals surface area contributed by atoms with Crippen LogP contribution in [-0.4, -0.2) is 46.5 Å². The van der Waals surface area contributed by atoms with E-state index in [-0.39, 0.29) is 5.75 Å². The van der Waals surface area contributed by atoms with Gasteiger partial charge >= 0.3 is 0 Å². The van der Waals surface area contributed by atoms with E-state index in [1.807, 2.05) is 18.2 Å². The topological polar surface area (TPSA) is 115 Å². The Morgan fingerprint density at radius 2 is 1.82 bits per heavy atom. The molecule has 0 aliphatic rings. The van der Waals surface area contributed by atoms with Crippen LogP contribution in [0.5, 0.6) is 0 Å². The normalized spacial score (nSPS) is 11.8. The SMILES string of the molecule is CS(=O)(=O)CCNCc1coc(-c2cc3c(Nc4ccc5c(ccn5Cc5ccccc5)c4)ncnc3cn2)c1. The third kappa shape index (κ3) is 5.88. The Labute approximate surface area is 231 Å². The Kier molecular flexibility index (Phi) is 7.02. The Morgan fingerprint density at radius 1 is 0.950 bits per heavy atom. The summed E-state index contributed by atoms with van der Waals surface area (Å²) >= 11 is 0. The molecule has 0 saturated heterocycles. The summed E-state index contributed by atoms with van der Waals surface area (Å²) < 4.78 is 30.6. The molecule has 4 aromatic heterocycles. The first-order valence-corrected chi connectivity index (χ1v) is 14.9. The van der Waals surface area contributed by atoms with E-state index in [1.54, 1.807) is 12.5 Å². The summed E-state index contributed by atoms with van der Waals surface area (Å²) in [5, 5.41) is 8.53. The quantitative estimate of drug-likeness (QED) is 0.224. The van der Waals surface area contributed by atoms with E-state index >= 15 is 0 Å². The molecule has 2 N–H and O–H groups in total. The maximum absolute atomic E-state index is 11.3. The van der Waals surface area contributed by atoms with Crippen LogP contribution in [-0.2, 0) is 22.9 Å². The van der Waals surface area contributed by atoms with Crippen LogP contribution in [0.3, 0.4) is 0 Å². The minimum Gasteiger partial charge on any atom is -0.462 e. The molecular weight excluding hydrogens is 524 g/mol. The van der Waals surface area contributed by atoms with Crippen LogP contribution in [0.1, 0.15) is 11.1 Å². The van der Waals surface area contributed by atoms with E-state index in [1.165, 1.54) is 18.1 Å². The summed E-state index contributed by atoms with van der Waals surface area (Å²) in [5.74, 6) is 1.37. The predicted octanol–water partition coefficient (Wildman–Crippen LogP) is 5.17. The first-order chi connectivity index (χ1) is 19.4. The second-order valence-corrected chi connectivity index (χ2v) is 12.0. The van der Waals surface area contributed by atoms with Crippen molar-refractivity contribution in [1.82, 2.24) is 24.8 Å². The molecule has 40 heavy (non-hydrogen) atoms. The van der Waals surface area contributed by atoms with Gasteiger partial charge in [0.25, 0.3) is 0 Å². The van der Waals surface area contributed by atoms with E-state index in [4.69, 9.17) is 4.42 Å². The number of hydrogen-bond acceptors (Lipinski definition) is 8. The maximum Gasteiger partial charge on any atom is 0.152 e. The van der Waals surface area contributed by atoms with Crippen molar-refractivity contribution in [3.63, 3.8) is 0 Å². The first-order valence-electron chi connectivity index (χ1n) is 12.9. The van der Waals surface area contributed by atoms with Gasteiger partial charge in [-0.15, -0.1) is 0 Å². The highest BCUT2D eigenvalue weighted by Gasteiger charge is 2.12. The molecule has 4 heterocycles. The Balaban J connectivity index is 1.21. The number of aromatic nitrogens is 4. The van der Waals surface area contributed by atoms with Gasteiger partial charge in [0.2, 0.25) is 0 Å². The van der Waals surface area contributed by atoms with Crippen molar-refractivity contribution in [2.24, 2.45) is 0 Å².